The number of hydrogen-bond acceptors (Lipinski definition) is 3. The van der Waals surface area contributed by atoms with Crippen molar-refractivity contribution < 1.29 is 18.0 Å². The van der Waals surface area contributed by atoms with Gasteiger partial charge in [-0.3, -0.25) is 4.79 Å². The van der Waals surface area contributed by atoms with Crippen molar-refractivity contribution in [3.63, 3.8) is 0 Å². The normalized spacial score (nSPS) is 20.1. The summed E-state index contributed by atoms with van der Waals surface area (Å²) in [5.41, 5.74) is -0.623. The van der Waals surface area contributed by atoms with E-state index >= 15 is 0 Å². The Labute approximate surface area is 115 Å². The second kappa shape index (κ2) is 5.38. The summed E-state index contributed by atoms with van der Waals surface area (Å²) in [5, 5.41) is 0. The van der Waals surface area contributed by atoms with Crippen LogP contribution in [-0.4, -0.2) is 33.9 Å². The molecule has 0 unspecified atom stereocenters. The van der Waals surface area contributed by atoms with E-state index in [9.17, 15) is 18.0 Å². The van der Waals surface area contributed by atoms with Crippen LogP contribution in [0.5, 0.6) is 0 Å². The molecule has 1 fully saturated rings. The van der Waals surface area contributed by atoms with Gasteiger partial charge in [-0.05, 0) is 25.8 Å². The quantitative estimate of drug-likeness (QED) is 0.797. The monoisotopic (exact) mass is 287 g/mol. The first-order valence-electron chi connectivity index (χ1n) is 6.45. The first-order valence-corrected chi connectivity index (χ1v) is 6.45. The number of nitrogens with zero attached hydrogens (tertiary/aromatic N) is 3. The smallest absolute Gasteiger partial charge is 0.342 e. The summed E-state index contributed by atoms with van der Waals surface area (Å²) in [6, 6.07) is 0.940. The first-order chi connectivity index (χ1) is 9.27. The highest BCUT2D eigenvalue weighted by atomic mass is 19.4. The van der Waals surface area contributed by atoms with E-state index < -0.39 is 11.9 Å². The lowest BCUT2D eigenvalue weighted by Gasteiger charge is -2.31. The maximum atomic E-state index is 12.8. The average Bonchev–Trinajstić information content (AvgIpc) is 2.37. The molecule has 2 rings (SSSR count). The van der Waals surface area contributed by atoms with Crippen molar-refractivity contribution in [2.75, 3.05) is 13.1 Å². The number of aromatic nitrogens is 2. The molecule has 1 aromatic heterocycles. The Balaban J connectivity index is 2.28. The Bertz CT molecular complexity index is 516. The summed E-state index contributed by atoms with van der Waals surface area (Å²) in [6.07, 6.45) is -3.02. The molecule has 0 bridgehead atoms. The van der Waals surface area contributed by atoms with Gasteiger partial charge in [0.25, 0.3) is 0 Å². The highest BCUT2D eigenvalue weighted by molar-refractivity contribution is 5.73. The molecule has 0 radical (unpaired) electrons. The summed E-state index contributed by atoms with van der Waals surface area (Å²) < 4.78 is 38.3. The second-order valence-corrected chi connectivity index (χ2v) is 5.05. The van der Waals surface area contributed by atoms with E-state index in [1.165, 1.54) is 13.8 Å². The zero-order chi connectivity index (χ0) is 14.9. The number of likely N-dealkylation sites (tertiary alicyclic amines) is 1. The second-order valence-electron chi connectivity index (χ2n) is 5.05. The van der Waals surface area contributed by atoms with Crippen LogP contribution in [0.2, 0.25) is 0 Å². The SMILES string of the molecule is CC(=O)N1CCC[C@@H](c2nc(C)cc(C(F)(F)F)n2)C1. The third-order valence-corrected chi connectivity index (χ3v) is 3.39. The molecule has 110 valence electrons. The predicted molar refractivity (Wildman–Crippen MR) is 66.0 cm³/mol. The van der Waals surface area contributed by atoms with Crippen molar-refractivity contribution in [1.29, 1.82) is 0 Å². The van der Waals surface area contributed by atoms with Crippen molar-refractivity contribution >= 4 is 5.91 Å². The lowest BCUT2D eigenvalue weighted by Crippen LogP contribution is -2.38. The minimum Gasteiger partial charge on any atom is -0.342 e. The molecule has 1 aliphatic rings. The molecule has 0 aliphatic carbocycles. The van der Waals surface area contributed by atoms with Gasteiger partial charge in [0, 0.05) is 31.6 Å². The van der Waals surface area contributed by atoms with Gasteiger partial charge >= 0.3 is 6.18 Å². The number of alkyl halides is 3. The van der Waals surface area contributed by atoms with Gasteiger partial charge < -0.3 is 4.90 Å². The molecule has 1 amide bonds. The summed E-state index contributed by atoms with van der Waals surface area (Å²) in [4.78, 5) is 20.8. The molecule has 1 atom stereocenters. The molecule has 7 heteroatoms. The van der Waals surface area contributed by atoms with Gasteiger partial charge in [0.2, 0.25) is 5.91 Å². The third-order valence-electron chi connectivity index (χ3n) is 3.39. The van der Waals surface area contributed by atoms with Crippen LogP contribution in [0.1, 0.15) is 42.9 Å². The Hall–Kier alpha value is -1.66. The van der Waals surface area contributed by atoms with Crippen molar-refractivity contribution in [3.05, 3.63) is 23.3 Å². The van der Waals surface area contributed by atoms with Crippen LogP contribution in [0.15, 0.2) is 6.07 Å². The van der Waals surface area contributed by atoms with E-state index in [1.54, 1.807) is 4.90 Å². The number of hydrogen-bond donors (Lipinski definition) is 0. The minimum absolute atomic E-state index is 0.0709. The van der Waals surface area contributed by atoms with Gasteiger partial charge in [-0.25, -0.2) is 9.97 Å². The fraction of sp³-hybridized carbons (Fsp3) is 0.615. The van der Waals surface area contributed by atoms with Crippen LogP contribution in [0.25, 0.3) is 0 Å². The summed E-state index contributed by atoms with van der Waals surface area (Å²) >= 11 is 0. The molecule has 0 N–H and O–H groups in total. The molecule has 20 heavy (non-hydrogen) atoms. The number of halogens is 3. The summed E-state index contributed by atoms with van der Waals surface area (Å²) in [5.74, 6) is -0.115. The lowest BCUT2D eigenvalue weighted by molar-refractivity contribution is -0.141. The molecule has 1 aromatic rings. The molecular formula is C13H16F3N3O. The largest absolute Gasteiger partial charge is 0.433 e. The lowest BCUT2D eigenvalue weighted by atomic mass is 9.97. The maximum Gasteiger partial charge on any atom is 0.433 e. The Morgan fingerprint density at radius 3 is 2.70 bits per heavy atom. The molecule has 1 saturated heterocycles. The minimum atomic E-state index is -4.47. The number of aryl methyl sites for hydroxylation is 1. The zero-order valence-corrected chi connectivity index (χ0v) is 11.4. The molecule has 0 spiro atoms. The zero-order valence-electron chi connectivity index (χ0n) is 11.4. The number of carbonyl (C=O) groups excluding carboxylic acids is 1. The Morgan fingerprint density at radius 2 is 2.10 bits per heavy atom. The van der Waals surface area contributed by atoms with Crippen LogP contribution in [0.3, 0.4) is 0 Å². The predicted octanol–water partition coefficient (Wildman–Crippen LogP) is 2.53. The van der Waals surface area contributed by atoms with Crippen molar-refractivity contribution in [2.24, 2.45) is 0 Å². The number of carbonyl (C=O) groups is 1. The Morgan fingerprint density at radius 1 is 1.40 bits per heavy atom. The van der Waals surface area contributed by atoms with Gasteiger partial charge in [0.15, 0.2) is 0 Å². The van der Waals surface area contributed by atoms with E-state index in [1.807, 2.05) is 0 Å². The summed E-state index contributed by atoms with van der Waals surface area (Å²) in [7, 11) is 0. The molecule has 4 nitrogen and oxygen atoms in total. The Kier molecular flexibility index (Phi) is 3.96. The van der Waals surface area contributed by atoms with Crippen molar-refractivity contribution in [3.8, 4) is 0 Å². The van der Waals surface area contributed by atoms with E-state index in [0.29, 0.717) is 25.2 Å². The van der Waals surface area contributed by atoms with Gasteiger partial charge in [-0.15, -0.1) is 0 Å². The van der Waals surface area contributed by atoms with Crippen LogP contribution >= 0.6 is 0 Å². The maximum absolute atomic E-state index is 12.8. The first kappa shape index (κ1) is 14.7. The molecule has 2 heterocycles. The van der Waals surface area contributed by atoms with Crippen LogP contribution in [-0.2, 0) is 11.0 Å². The van der Waals surface area contributed by atoms with Crippen molar-refractivity contribution in [2.45, 2.75) is 38.8 Å². The average molecular weight is 287 g/mol. The van der Waals surface area contributed by atoms with Crippen LogP contribution < -0.4 is 0 Å². The number of amides is 1. The van der Waals surface area contributed by atoms with Gasteiger partial charge in [0.05, 0.1) is 0 Å². The standard InChI is InChI=1S/C13H16F3N3O/c1-8-6-11(13(14,15)16)18-12(17-8)10-4-3-5-19(7-10)9(2)20/h6,10H,3-5,7H2,1-2H3/t10-/m1/s1. The summed E-state index contributed by atoms with van der Waals surface area (Å²) in [6.45, 7) is 4.01. The van der Waals surface area contributed by atoms with E-state index in [-0.39, 0.29) is 17.6 Å². The van der Waals surface area contributed by atoms with Crippen molar-refractivity contribution in [1.82, 2.24) is 14.9 Å². The van der Waals surface area contributed by atoms with Gasteiger partial charge in [-0.1, -0.05) is 0 Å². The topological polar surface area (TPSA) is 46.1 Å². The van der Waals surface area contributed by atoms with Crippen LogP contribution in [0, 0.1) is 6.92 Å². The van der Waals surface area contributed by atoms with E-state index in [2.05, 4.69) is 9.97 Å². The molecule has 1 aliphatic heterocycles. The van der Waals surface area contributed by atoms with Gasteiger partial charge in [-0.2, -0.15) is 13.2 Å². The number of rotatable bonds is 1. The van der Waals surface area contributed by atoms with Crippen LogP contribution in [0.4, 0.5) is 13.2 Å². The van der Waals surface area contributed by atoms with Gasteiger partial charge in [0.1, 0.15) is 11.5 Å². The fourth-order valence-electron chi connectivity index (χ4n) is 2.39. The molecular weight excluding hydrogens is 271 g/mol. The highest BCUT2D eigenvalue weighted by Crippen LogP contribution is 2.30. The van der Waals surface area contributed by atoms with E-state index in [0.717, 1.165) is 12.5 Å². The third kappa shape index (κ3) is 3.26. The highest BCUT2D eigenvalue weighted by Gasteiger charge is 2.34. The molecule has 0 aromatic carbocycles. The number of piperidine rings is 1. The fourth-order valence-corrected chi connectivity index (χ4v) is 2.39. The molecule has 0 saturated carbocycles. The van der Waals surface area contributed by atoms with E-state index in [4.69, 9.17) is 0 Å².